The molecule has 0 fully saturated rings. The Kier molecular flexibility index (Phi) is 31.8. The molecule has 8 N–H and O–H groups in total. The number of amides is 6. The molecule has 2 aromatic rings. The minimum atomic E-state index is -0.554. The zero-order chi connectivity index (χ0) is 43.7. The van der Waals surface area contributed by atoms with Gasteiger partial charge < -0.3 is 37.6 Å². The van der Waals surface area contributed by atoms with Crippen molar-refractivity contribution in [2.75, 3.05) is 57.3 Å². The summed E-state index contributed by atoms with van der Waals surface area (Å²) in [6.45, 7) is 1.27. The van der Waals surface area contributed by atoms with E-state index in [0.717, 1.165) is 55.6 Å². The van der Waals surface area contributed by atoms with Crippen molar-refractivity contribution >= 4 is 93.2 Å². The minimum absolute atomic E-state index is 0. The summed E-state index contributed by atoms with van der Waals surface area (Å²) in [5, 5.41) is 13.9. The van der Waals surface area contributed by atoms with E-state index >= 15 is 0 Å². The normalized spacial score (nSPS) is 9.97. The third-order valence-electron chi connectivity index (χ3n) is 7.66. The van der Waals surface area contributed by atoms with Crippen molar-refractivity contribution in [2.45, 2.75) is 58.3 Å². The van der Waals surface area contributed by atoms with E-state index in [1.54, 1.807) is 60.7 Å². The molecule has 0 saturated carbocycles. The summed E-state index contributed by atoms with van der Waals surface area (Å²) in [5.41, 5.74) is 6.33. The molecule has 330 valence electrons. The molecule has 0 unspecified atom stereocenters. The van der Waals surface area contributed by atoms with Gasteiger partial charge in [-0.25, -0.2) is 0 Å². The highest BCUT2D eigenvalue weighted by Crippen LogP contribution is 2.12. The lowest BCUT2D eigenvalue weighted by Crippen LogP contribution is -2.43. The number of halogens is 1. The highest BCUT2D eigenvalue weighted by molar-refractivity contribution is 8.14. The SMILES string of the molecule is CCCCCCC(=O)CNC(=O)CNC(=O)CNC(=O)CSC(=O)c1ccccc1.Cl.NCCCCC(=O)CNC(=O)CNC(=O)CNC(=O)CSC(=O)c1ccccc1. The maximum absolute atomic E-state index is 11.9. The number of rotatable bonds is 27. The van der Waals surface area contributed by atoms with E-state index in [9.17, 15) is 47.9 Å². The van der Waals surface area contributed by atoms with Crippen LogP contribution in [-0.4, -0.2) is 115 Å². The largest absolute Gasteiger partial charge is 0.347 e. The first kappa shape index (κ1) is 54.9. The maximum atomic E-state index is 11.9. The predicted octanol–water partition coefficient (Wildman–Crippen LogP) is 1.48. The quantitative estimate of drug-likeness (QED) is 0.0628. The van der Waals surface area contributed by atoms with Gasteiger partial charge in [0.25, 0.3) is 0 Å². The van der Waals surface area contributed by atoms with Gasteiger partial charge in [-0.1, -0.05) is 110 Å². The molecule has 0 aliphatic rings. The molecule has 0 spiro atoms. The fourth-order valence-corrected chi connectivity index (χ4v) is 5.77. The van der Waals surface area contributed by atoms with Crippen molar-refractivity contribution in [2.24, 2.45) is 5.73 Å². The topological polar surface area (TPSA) is 269 Å². The van der Waals surface area contributed by atoms with Crippen molar-refractivity contribution in [1.82, 2.24) is 31.9 Å². The number of unbranched alkanes of at least 4 members (excludes halogenated alkanes) is 4. The molecule has 0 saturated heterocycles. The zero-order valence-corrected chi connectivity index (χ0v) is 36.1. The number of ketones is 2. The molecule has 0 heterocycles. The molecular formula is C40H56ClN7O10S2. The molecule has 0 aliphatic heterocycles. The number of carbonyl (C=O) groups is 10. The van der Waals surface area contributed by atoms with Crippen molar-refractivity contribution in [3.63, 3.8) is 0 Å². The summed E-state index contributed by atoms with van der Waals surface area (Å²) in [7, 11) is 0. The molecular weight excluding hydrogens is 838 g/mol. The van der Waals surface area contributed by atoms with Crippen LogP contribution in [0.1, 0.15) is 79.0 Å². The van der Waals surface area contributed by atoms with Crippen LogP contribution >= 0.6 is 35.9 Å². The average molecular weight is 895 g/mol. The molecule has 6 amide bonds. The fourth-order valence-electron chi connectivity index (χ4n) is 4.43. The summed E-state index contributed by atoms with van der Waals surface area (Å²) in [6.07, 6.45) is 6.20. The van der Waals surface area contributed by atoms with Gasteiger partial charge >= 0.3 is 0 Å². The Morgan fingerprint density at radius 1 is 0.450 bits per heavy atom. The third-order valence-corrected chi connectivity index (χ3v) is 9.47. The smallest absolute Gasteiger partial charge is 0.239 e. The van der Waals surface area contributed by atoms with Crippen molar-refractivity contribution in [1.29, 1.82) is 0 Å². The molecule has 60 heavy (non-hydrogen) atoms. The standard InChI is InChI=1S/C21H29N3O5S.C19H26N4O5S.ClH/c1-2-3-4-8-11-17(25)12-22-18(26)13-23-19(27)14-24-20(28)15-30-21(29)16-9-6-5-7-10-16;20-9-5-4-8-15(24)10-21-16(25)11-22-17(26)12-23-18(27)13-29-19(28)14-6-2-1-3-7-14;/h5-7,9-10H,2-4,8,11-15H2,1H3,(H,22,26)(H,23,27)(H,24,28);1-3,6-7H,4-5,8-13,20H2,(H,21,25)(H,22,26)(H,23,27);1H. The molecule has 0 bridgehead atoms. The summed E-state index contributed by atoms with van der Waals surface area (Å²) < 4.78 is 0. The highest BCUT2D eigenvalue weighted by Gasteiger charge is 2.14. The van der Waals surface area contributed by atoms with Crippen LogP contribution < -0.4 is 37.6 Å². The van der Waals surface area contributed by atoms with Gasteiger partial charge in [-0.15, -0.1) is 12.4 Å². The van der Waals surface area contributed by atoms with E-state index in [0.29, 0.717) is 36.9 Å². The monoisotopic (exact) mass is 893 g/mol. The number of carbonyl (C=O) groups excluding carboxylic acids is 10. The number of hydrogen-bond donors (Lipinski definition) is 7. The Morgan fingerprint density at radius 2 is 0.783 bits per heavy atom. The first-order valence-electron chi connectivity index (χ1n) is 19.1. The number of nitrogens with one attached hydrogen (secondary N) is 6. The van der Waals surface area contributed by atoms with Gasteiger partial charge in [-0.2, -0.15) is 0 Å². The van der Waals surface area contributed by atoms with Gasteiger partial charge in [0.05, 0.1) is 50.8 Å². The lowest BCUT2D eigenvalue weighted by atomic mass is 10.1. The highest BCUT2D eigenvalue weighted by atomic mass is 35.5. The molecule has 2 aromatic carbocycles. The van der Waals surface area contributed by atoms with Crippen LogP contribution in [-0.2, 0) is 38.4 Å². The third kappa shape index (κ3) is 29.2. The Labute approximate surface area is 364 Å². The van der Waals surface area contributed by atoms with E-state index in [1.165, 1.54) is 0 Å². The summed E-state index contributed by atoms with van der Waals surface area (Å²) in [5.74, 6) is -3.37. The Hall–Kier alpha value is -5.11. The first-order valence-corrected chi connectivity index (χ1v) is 21.1. The van der Waals surface area contributed by atoms with Crippen molar-refractivity contribution in [3.8, 4) is 0 Å². The van der Waals surface area contributed by atoms with Crippen LogP contribution in [0.5, 0.6) is 0 Å². The maximum Gasteiger partial charge on any atom is 0.239 e. The molecule has 0 aliphatic carbocycles. The molecule has 0 radical (unpaired) electrons. The van der Waals surface area contributed by atoms with Crippen LogP contribution in [0.2, 0.25) is 0 Å². The molecule has 0 aromatic heterocycles. The summed E-state index contributed by atoms with van der Waals surface area (Å²) in [6, 6.07) is 17.1. The number of benzene rings is 2. The second kappa shape index (κ2) is 34.7. The zero-order valence-electron chi connectivity index (χ0n) is 33.7. The first-order chi connectivity index (χ1) is 28.3. The van der Waals surface area contributed by atoms with Gasteiger partial charge in [0.2, 0.25) is 45.7 Å². The second-order valence-electron chi connectivity index (χ2n) is 12.7. The minimum Gasteiger partial charge on any atom is -0.347 e. The summed E-state index contributed by atoms with van der Waals surface area (Å²) >= 11 is 1.68. The van der Waals surface area contributed by atoms with Crippen LogP contribution in [0.4, 0.5) is 0 Å². The van der Waals surface area contributed by atoms with E-state index in [-0.39, 0.29) is 85.0 Å². The molecule has 2 rings (SSSR count). The molecule has 17 nitrogen and oxygen atoms in total. The van der Waals surface area contributed by atoms with E-state index in [4.69, 9.17) is 5.73 Å². The fraction of sp³-hybridized carbons (Fsp3) is 0.450. The second-order valence-corrected chi connectivity index (χ2v) is 14.6. The number of thioether (sulfide) groups is 2. The molecule has 0 atom stereocenters. The number of Topliss-reactive ketones (excluding diaryl/α,β-unsaturated/α-hetero) is 2. The van der Waals surface area contributed by atoms with Gasteiger partial charge in [0, 0.05) is 24.0 Å². The average Bonchev–Trinajstić information content (AvgIpc) is 3.25. The van der Waals surface area contributed by atoms with Crippen LogP contribution in [0.3, 0.4) is 0 Å². The van der Waals surface area contributed by atoms with Gasteiger partial charge in [-0.3, -0.25) is 47.9 Å². The Balaban J connectivity index is 0.00000114. The van der Waals surface area contributed by atoms with Crippen LogP contribution in [0.15, 0.2) is 60.7 Å². The van der Waals surface area contributed by atoms with E-state index in [2.05, 4.69) is 38.8 Å². The predicted molar refractivity (Wildman–Crippen MR) is 233 cm³/mol. The lowest BCUT2D eigenvalue weighted by Gasteiger charge is -2.08. The van der Waals surface area contributed by atoms with Gasteiger partial charge in [0.1, 0.15) is 0 Å². The van der Waals surface area contributed by atoms with Crippen molar-refractivity contribution < 1.29 is 47.9 Å². The lowest BCUT2D eigenvalue weighted by molar-refractivity contribution is -0.128. The Morgan fingerprint density at radius 3 is 1.13 bits per heavy atom. The van der Waals surface area contributed by atoms with E-state index in [1.807, 2.05) is 0 Å². The van der Waals surface area contributed by atoms with Crippen molar-refractivity contribution in [3.05, 3.63) is 71.8 Å². The van der Waals surface area contributed by atoms with Gasteiger partial charge in [-0.05, 0) is 25.8 Å². The Bertz CT molecular complexity index is 1690. The van der Waals surface area contributed by atoms with Gasteiger partial charge in [0.15, 0.2) is 11.6 Å². The number of nitrogens with two attached hydrogens (primary N) is 1. The van der Waals surface area contributed by atoms with Crippen LogP contribution in [0.25, 0.3) is 0 Å². The summed E-state index contributed by atoms with van der Waals surface area (Å²) in [4.78, 5) is 117. The molecule has 20 heteroatoms. The number of hydrogen-bond acceptors (Lipinski definition) is 13. The van der Waals surface area contributed by atoms with Crippen LogP contribution in [0, 0.1) is 0 Å². The van der Waals surface area contributed by atoms with E-state index < -0.39 is 35.4 Å².